The fourth-order valence-electron chi connectivity index (χ4n) is 2.72. The van der Waals surface area contributed by atoms with Gasteiger partial charge in [0.15, 0.2) is 0 Å². The van der Waals surface area contributed by atoms with E-state index in [2.05, 4.69) is 5.43 Å². The summed E-state index contributed by atoms with van der Waals surface area (Å²) in [5.74, 6) is -2.00. The van der Waals surface area contributed by atoms with Gasteiger partial charge in [0.1, 0.15) is 0 Å². The van der Waals surface area contributed by atoms with E-state index in [1.54, 1.807) is 18.2 Å². The van der Waals surface area contributed by atoms with Crippen LogP contribution in [0, 0.1) is 11.8 Å². The van der Waals surface area contributed by atoms with Crippen LogP contribution in [0.5, 0.6) is 0 Å². The second kappa shape index (κ2) is 5.33. The quantitative estimate of drug-likeness (QED) is 0.670. The summed E-state index contributed by atoms with van der Waals surface area (Å²) in [5, 5.41) is 1.11. The number of carbonyl (C=O) groups is 3. The highest BCUT2D eigenvalue weighted by Crippen LogP contribution is 2.34. The number of allylic oxidation sites excluding steroid dienone is 2. The second-order valence-electron chi connectivity index (χ2n) is 5.09. The number of carbonyl (C=O) groups excluding carboxylic acids is 3. The largest absolute Gasteiger partial charge is 0.272 e. The third-order valence-electron chi connectivity index (χ3n) is 3.84. The minimum absolute atomic E-state index is 0.229. The zero-order chi connectivity index (χ0) is 15.0. The molecule has 0 bridgehead atoms. The average molecular weight is 305 g/mol. The van der Waals surface area contributed by atoms with Gasteiger partial charge in [-0.05, 0) is 25.0 Å². The van der Waals surface area contributed by atoms with Gasteiger partial charge in [-0.2, -0.15) is 5.01 Å². The van der Waals surface area contributed by atoms with Gasteiger partial charge in [0.05, 0.1) is 22.4 Å². The Morgan fingerprint density at radius 3 is 2.24 bits per heavy atom. The normalized spacial score (nSPS) is 24.1. The molecule has 0 saturated carbocycles. The third kappa shape index (κ3) is 2.34. The SMILES string of the molecule is O=C(NN1C(=O)C2CC=CCC2C1=O)c1ccccc1Cl. The van der Waals surface area contributed by atoms with Gasteiger partial charge >= 0.3 is 0 Å². The van der Waals surface area contributed by atoms with Crippen LogP contribution in [-0.4, -0.2) is 22.7 Å². The Labute approximate surface area is 126 Å². The summed E-state index contributed by atoms with van der Waals surface area (Å²) in [5.41, 5.74) is 2.60. The first-order valence-electron chi connectivity index (χ1n) is 6.68. The maximum absolute atomic E-state index is 12.2. The molecule has 2 aliphatic rings. The molecule has 5 nitrogen and oxygen atoms in total. The smallest absolute Gasteiger partial charge is 0.271 e. The van der Waals surface area contributed by atoms with Crippen LogP contribution >= 0.6 is 11.6 Å². The molecular formula is C15H13ClN2O3. The van der Waals surface area contributed by atoms with Crippen LogP contribution in [-0.2, 0) is 9.59 Å². The molecule has 0 spiro atoms. The van der Waals surface area contributed by atoms with E-state index in [1.807, 2.05) is 12.2 Å². The van der Waals surface area contributed by atoms with Crippen LogP contribution in [0.2, 0.25) is 5.02 Å². The molecule has 1 N–H and O–H groups in total. The van der Waals surface area contributed by atoms with E-state index in [0.717, 1.165) is 5.01 Å². The van der Waals surface area contributed by atoms with Gasteiger partial charge in [-0.1, -0.05) is 35.9 Å². The average Bonchev–Trinajstić information content (AvgIpc) is 2.73. The van der Waals surface area contributed by atoms with Crippen molar-refractivity contribution in [3.05, 3.63) is 47.0 Å². The topological polar surface area (TPSA) is 66.5 Å². The summed E-state index contributed by atoms with van der Waals surface area (Å²) in [7, 11) is 0. The molecule has 1 saturated heterocycles. The molecule has 2 atom stereocenters. The first kappa shape index (κ1) is 13.8. The van der Waals surface area contributed by atoms with Crippen molar-refractivity contribution in [3.63, 3.8) is 0 Å². The summed E-state index contributed by atoms with van der Waals surface area (Å²) >= 11 is 5.94. The molecule has 1 aromatic rings. The Bertz CT molecular complexity index is 630. The Hall–Kier alpha value is -2.14. The first-order valence-corrected chi connectivity index (χ1v) is 7.05. The Morgan fingerprint density at radius 1 is 1.10 bits per heavy atom. The molecule has 3 amide bonds. The second-order valence-corrected chi connectivity index (χ2v) is 5.50. The van der Waals surface area contributed by atoms with Crippen LogP contribution in [0.25, 0.3) is 0 Å². The lowest BCUT2D eigenvalue weighted by atomic mass is 9.85. The Kier molecular flexibility index (Phi) is 3.51. The van der Waals surface area contributed by atoms with E-state index in [0.29, 0.717) is 12.8 Å². The number of amides is 3. The molecule has 1 fully saturated rings. The van der Waals surface area contributed by atoms with Gasteiger partial charge in [0.25, 0.3) is 17.7 Å². The maximum Gasteiger partial charge on any atom is 0.271 e. The van der Waals surface area contributed by atoms with E-state index < -0.39 is 5.91 Å². The number of benzene rings is 1. The van der Waals surface area contributed by atoms with Crippen molar-refractivity contribution in [2.24, 2.45) is 11.8 Å². The van der Waals surface area contributed by atoms with Crippen LogP contribution in [0.1, 0.15) is 23.2 Å². The molecule has 1 aromatic carbocycles. The highest BCUT2D eigenvalue weighted by molar-refractivity contribution is 6.33. The number of hydrogen-bond acceptors (Lipinski definition) is 3. The van der Waals surface area contributed by atoms with Crippen LogP contribution < -0.4 is 5.43 Å². The van der Waals surface area contributed by atoms with E-state index in [9.17, 15) is 14.4 Å². The maximum atomic E-state index is 12.2. The first-order chi connectivity index (χ1) is 10.1. The van der Waals surface area contributed by atoms with Crippen LogP contribution in [0.3, 0.4) is 0 Å². The molecule has 0 aromatic heterocycles. The molecule has 1 aliphatic carbocycles. The number of imide groups is 1. The molecular weight excluding hydrogens is 292 g/mol. The predicted molar refractivity (Wildman–Crippen MR) is 76.1 cm³/mol. The summed E-state index contributed by atoms with van der Waals surface area (Å²) in [4.78, 5) is 36.6. The number of nitrogens with one attached hydrogen (secondary N) is 1. The highest BCUT2D eigenvalue weighted by Gasteiger charge is 2.48. The fraction of sp³-hybridized carbons (Fsp3) is 0.267. The minimum atomic E-state index is -0.561. The zero-order valence-electron chi connectivity index (χ0n) is 11.1. The van der Waals surface area contributed by atoms with Crippen molar-refractivity contribution >= 4 is 29.3 Å². The number of rotatable bonds is 2. The van der Waals surface area contributed by atoms with Crippen LogP contribution in [0.4, 0.5) is 0 Å². The summed E-state index contributed by atoms with van der Waals surface area (Å²) in [6, 6.07) is 6.48. The van der Waals surface area contributed by atoms with E-state index in [1.165, 1.54) is 6.07 Å². The van der Waals surface area contributed by atoms with Crippen molar-refractivity contribution in [3.8, 4) is 0 Å². The predicted octanol–water partition coefficient (Wildman–Crippen LogP) is 1.94. The molecule has 108 valence electrons. The number of halogens is 1. The third-order valence-corrected chi connectivity index (χ3v) is 4.17. The minimum Gasteiger partial charge on any atom is -0.272 e. The van der Waals surface area contributed by atoms with E-state index in [-0.39, 0.29) is 34.2 Å². The zero-order valence-corrected chi connectivity index (χ0v) is 11.8. The van der Waals surface area contributed by atoms with Crippen molar-refractivity contribution in [2.75, 3.05) is 0 Å². The van der Waals surface area contributed by atoms with Crippen molar-refractivity contribution in [1.82, 2.24) is 10.4 Å². The van der Waals surface area contributed by atoms with Gasteiger partial charge in [0, 0.05) is 0 Å². The van der Waals surface area contributed by atoms with Crippen molar-refractivity contribution < 1.29 is 14.4 Å². The molecule has 2 unspecified atom stereocenters. The van der Waals surface area contributed by atoms with Gasteiger partial charge in [-0.15, -0.1) is 0 Å². The standard InChI is InChI=1S/C15H13ClN2O3/c16-12-8-4-3-7-11(12)13(19)17-18-14(20)9-5-1-2-6-10(9)15(18)21/h1-4,7-10H,5-6H2,(H,17,19). The monoisotopic (exact) mass is 304 g/mol. The number of fused-ring (bicyclic) bond motifs is 1. The van der Waals surface area contributed by atoms with Crippen LogP contribution in [0.15, 0.2) is 36.4 Å². The highest BCUT2D eigenvalue weighted by atomic mass is 35.5. The summed E-state index contributed by atoms with van der Waals surface area (Å²) in [6.45, 7) is 0. The lowest BCUT2D eigenvalue weighted by molar-refractivity contribution is -0.142. The van der Waals surface area contributed by atoms with E-state index >= 15 is 0 Å². The van der Waals surface area contributed by atoms with Crippen molar-refractivity contribution in [2.45, 2.75) is 12.8 Å². The summed E-state index contributed by atoms with van der Waals surface area (Å²) < 4.78 is 0. The number of hydrazine groups is 1. The fourth-order valence-corrected chi connectivity index (χ4v) is 2.94. The molecule has 1 heterocycles. The Balaban J connectivity index is 1.79. The van der Waals surface area contributed by atoms with Gasteiger partial charge in [0.2, 0.25) is 0 Å². The van der Waals surface area contributed by atoms with Crippen molar-refractivity contribution in [1.29, 1.82) is 0 Å². The number of nitrogens with zero attached hydrogens (tertiary/aromatic N) is 1. The summed E-state index contributed by atoms with van der Waals surface area (Å²) in [6.07, 6.45) is 4.86. The lowest BCUT2D eigenvalue weighted by Gasteiger charge is -2.16. The number of hydrogen-bond donors (Lipinski definition) is 1. The molecule has 6 heteroatoms. The Morgan fingerprint density at radius 2 is 1.67 bits per heavy atom. The molecule has 21 heavy (non-hydrogen) atoms. The van der Waals surface area contributed by atoms with Gasteiger partial charge < -0.3 is 0 Å². The molecule has 3 rings (SSSR count). The van der Waals surface area contributed by atoms with Gasteiger partial charge in [-0.25, -0.2) is 0 Å². The van der Waals surface area contributed by atoms with Gasteiger partial charge in [-0.3, -0.25) is 19.8 Å². The lowest BCUT2D eigenvalue weighted by Crippen LogP contribution is -2.46. The van der Waals surface area contributed by atoms with E-state index in [4.69, 9.17) is 11.6 Å². The molecule has 1 aliphatic heterocycles. The molecule has 0 radical (unpaired) electrons.